The van der Waals surface area contributed by atoms with Gasteiger partial charge in [-0.25, -0.2) is 9.78 Å². The predicted octanol–water partition coefficient (Wildman–Crippen LogP) is 4.77. The molecular formula is C17H11Cl2NO3. The van der Waals surface area contributed by atoms with Crippen LogP contribution in [0, 0.1) is 0 Å². The summed E-state index contributed by atoms with van der Waals surface area (Å²) in [6, 6.07) is 13.4. The second kappa shape index (κ2) is 6.44. The highest BCUT2D eigenvalue weighted by atomic mass is 35.5. The Morgan fingerprint density at radius 2 is 1.87 bits per heavy atom. The molecule has 3 aromatic rings. The third-order valence-electron chi connectivity index (χ3n) is 3.20. The number of nitrogens with zero attached hydrogens (tertiary/aromatic N) is 1. The highest BCUT2D eigenvalue weighted by molar-refractivity contribution is 6.35. The number of esters is 1. The molecule has 0 amide bonds. The molecule has 0 aliphatic heterocycles. The molecule has 4 nitrogen and oxygen atoms in total. The molecule has 0 N–H and O–H groups in total. The predicted molar refractivity (Wildman–Crippen MR) is 89.7 cm³/mol. The summed E-state index contributed by atoms with van der Waals surface area (Å²) < 4.78 is 10.4. The Hall–Kier alpha value is -2.30. The Labute approximate surface area is 142 Å². The van der Waals surface area contributed by atoms with Crippen LogP contribution in [0.25, 0.3) is 10.9 Å². The molecule has 0 radical (unpaired) electrons. The number of hydrogen-bond acceptors (Lipinski definition) is 4. The van der Waals surface area contributed by atoms with Crippen LogP contribution in [0.3, 0.4) is 0 Å². The van der Waals surface area contributed by atoms with E-state index in [0.29, 0.717) is 10.5 Å². The fourth-order valence-corrected chi connectivity index (χ4v) is 2.50. The van der Waals surface area contributed by atoms with Crippen molar-refractivity contribution in [3.63, 3.8) is 0 Å². The zero-order chi connectivity index (χ0) is 16.4. The van der Waals surface area contributed by atoms with Gasteiger partial charge in [-0.3, -0.25) is 0 Å². The largest absolute Gasteiger partial charge is 0.497 e. The van der Waals surface area contributed by atoms with Gasteiger partial charge in [-0.15, -0.1) is 0 Å². The van der Waals surface area contributed by atoms with E-state index < -0.39 is 5.97 Å². The van der Waals surface area contributed by atoms with Gasteiger partial charge < -0.3 is 9.47 Å². The van der Waals surface area contributed by atoms with Crippen molar-refractivity contribution in [2.24, 2.45) is 0 Å². The van der Waals surface area contributed by atoms with Crippen molar-refractivity contribution >= 4 is 40.1 Å². The molecule has 23 heavy (non-hydrogen) atoms. The van der Waals surface area contributed by atoms with Gasteiger partial charge in [0.05, 0.1) is 17.6 Å². The lowest BCUT2D eigenvalue weighted by atomic mass is 10.2. The maximum absolute atomic E-state index is 12.2. The lowest BCUT2D eigenvalue weighted by Crippen LogP contribution is -2.10. The number of ether oxygens (including phenoxy) is 2. The second-order valence-electron chi connectivity index (χ2n) is 4.72. The van der Waals surface area contributed by atoms with Gasteiger partial charge in [0.2, 0.25) is 0 Å². The summed E-state index contributed by atoms with van der Waals surface area (Å²) in [5, 5.41) is 1.59. The number of aromatic nitrogens is 1. The van der Waals surface area contributed by atoms with Crippen LogP contribution in [0.15, 0.2) is 48.5 Å². The summed E-state index contributed by atoms with van der Waals surface area (Å²) in [4.78, 5) is 16.5. The topological polar surface area (TPSA) is 48.4 Å². The number of hydrogen-bond donors (Lipinski definition) is 0. The molecule has 0 fully saturated rings. The first kappa shape index (κ1) is 15.6. The Balaban J connectivity index is 1.88. The third-order valence-corrected chi connectivity index (χ3v) is 3.73. The van der Waals surface area contributed by atoms with Gasteiger partial charge in [0, 0.05) is 10.4 Å². The number of pyridine rings is 1. The van der Waals surface area contributed by atoms with E-state index in [0.717, 1.165) is 11.1 Å². The number of carbonyl (C=O) groups excluding carboxylic acids is 1. The summed E-state index contributed by atoms with van der Waals surface area (Å²) in [6.45, 7) is 0. The minimum Gasteiger partial charge on any atom is -0.497 e. The molecule has 1 heterocycles. The van der Waals surface area contributed by atoms with Crippen molar-refractivity contribution in [1.29, 1.82) is 0 Å². The molecule has 3 rings (SSSR count). The van der Waals surface area contributed by atoms with Crippen molar-refractivity contribution in [2.75, 3.05) is 7.11 Å². The number of halogens is 2. The quantitative estimate of drug-likeness (QED) is 0.505. The molecule has 0 spiro atoms. The first-order chi connectivity index (χ1) is 11.1. The molecule has 116 valence electrons. The van der Waals surface area contributed by atoms with E-state index >= 15 is 0 Å². The zero-order valence-corrected chi connectivity index (χ0v) is 13.6. The molecule has 0 aliphatic carbocycles. The summed E-state index contributed by atoms with van der Waals surface area (Å²) >= 11 is 11.8. The molecule has 0 unspecified atom stereocenters. The first-order valence-corrected chi connectivity index (χ1v) is 7.44. The fraction of sp³-hybridized carbons (Fsp3) is 0.0588. The lowest BCUT2D eigenvalue weighted by Gasteiger charge is -2.07. The third kappa shape index (κ3) is 3.38. The van der Waals surface area contributed by atoms with Gasteiger partial charge in [0.1, 0.15) is 17.2 Å². The molecule has 0 saturated carbocycles. The number of fused-ring (bicyclic) bond motifs is 1. The van der Waals surface area contributed by atoms with E-state index in [1.807, 2.05) is 6.07 Å². The van der Waals surface area contributed by atoms with E-state index in [9.17, 15) is 4.79 Å². The fourth-order valence-electron chi connectivity index (χ4n) is 2.05. The number of methoxy groups -OCH3 is 1. The standard InChI is InChI=1S/C17H11Cl2NO3/c1-22-12-4-6-14-10(8-12)2-5-15(20-14)17(21)23-16-7-3-11(18)9-13(16)19/h2-9H,1H3. The lowest BCUT2D eigenvalue weighted by molar-refractivity contribution is 0.0729. The van der Waals surface area contributed by atoms with Crippen LogP contribution in [0.2, 0.25) is 10.0 Å². The molecule has 0 bridgehead atoms. The van der Waals surface area contributed by atoms with E-state index in [1.54, 1.807) is 37.4 Å². The van der Waals surface area contributed by atoms with Gasteiger partial charge in [-0.2, -0.15) is 0 Å². The van der Waals surface area contributed by atoms with Crippen molar-refractivity contribution in [3.05, 3.63) is 64.3 Å². The molecule has 1 aromatic heterocycles. The molecule has 2 aromatic carbocycles. The van der Waals surface area contributed by atoms with Crippen LogP contribution in [0.4, 0.5) is 0 Å². The van der Waals surface area contributed by atoms with Gasteiger partial charge in [-0.05, 0) is 42.5 Å². The summed E-state index contributed by atoms with van der Waals surface area (Å²) in [5.74, 6) is 0.368. The van der Waals surface area contributed by atoms with Crippen LogP contribution in [-0.2, 0) is 0 Å². The monoisotopic (exact) mass is 347 g/mol. The van der Waals surface area contributed by atoms with E-state index in [-0.39, 0.29) is 16.5 Å². The van der Waals surface area contributed by atoms with Crippen LogP contribution >= 0.6 is 23.2 Å². The van der Waals surface area contributed by atoms with E-state index in [4.69, 9.17) is 32.7 Å². The van der Waals surface area contributed by atoms with Gasteiger partial charge in [0.25, 0.3) is 0 Å². The average Bonchev–Trinajstić information content (AvgIpc) is 2.56. The van der Waals surface area contributed by atoms with Gasteiger partial charge in [-0.1, -0.05) is 29.3 Å². The number of carbonyl (C=O) groups is 1. The molecule has 6 heteroatoms. The smallest absolute Gasteiger partial charge is 0.362 e. The molecular weight excluding hydrogens is 337 g/mol. The zero-order valence-electron chi connectivity index (χ0n) is 12.0. The second-order valence-corrected chi connectivity index (χ2v) is 5.56. The highest BCUT2D eigenvalue weighted by Gasteiger charge is 2.13. The maximum atomic E-state index is 12.2. The molecule has 0 saturated heterocycles. The van der Waals surface area contributed by atoms with Crippen molar-refractivity contribution in [3.8, 4) is 11.5 Å². The minimum absolute atomic E-state index is 0.189. The van der Waals surface area contributed by atoms with Crippen LogP contribution in [-0.4, -0.2) is 18.1 Å². The van der Waals surface area contributed by atoms with Crippen LogP contribution in [0.1, 0.15) is 10.5 Å². The Morgan fingerprint density at radius 3 is 2.61 bits per heavy atom. The van der Waals surface area contributed by atoms with Crippen molar-refractivity contribution < 1.29 is 14.3 Å². The molecule has 0 aliphatic rings. The van der Waals surface area contributed by atoms with Crippen LogP contribution in [0.5, 0.6) is 11.5 Å². The van der Waals surface area contributed by atoms with E-state index in [1.165, 1.54) is 12.1 Å². The normalized spacial score (nSPS) is 10.6. The maximum Gasteiger partial charge on any atom is 0.362 e. The van der Waals surface area contributed by atoms with Gasteiger partial charge in [0.15, 0.2) is 0 Å². The summed E-state index contributed by atoms with van der Waals surface area (Å²) in [6.07, 6.45) is 0. The Kier molecular flexibility index (Phi) is 4.37. The SMILES string of the molecule is COc1ccc2nc(C(=O)Oc3ccc(Cl)cc3Cl)ccc2c1. The average molecular weight is 348 g/mol. The van der Waals surface area contributed by atoms with Crippen molar-refractivity contribution in [2.45, 2.75) is 0 Å². The number of benzene rings is 2. The first-order valence-electron chi connectivity index (χ1n) is 6.69. The summed E-state index contributed by atoms with van der Waals surface area (Å²) in [5.41, 5.74) is 0.858. The Bertz CT molecular complexity index is 896. The number of rotatable bonds is 3. The molecule has 0 atom stereocenters. The Morgan fingerprint density at radius 1 is 1.04 bits per heavy atom. The minimum atomic E-state index is -0.591. The van der Waals surface area contributed by atoms with E-state index in [2.05, 4.69) is 4.98 Å². The van der Waals surface area contributed by atoms with Gasteiger partial charge >= 0.3 is 5.97 Å². The summed E-state index contributed by atoms with van der Waals surface area (Å²) in [7, 11) is 1.59. The van der Waals surface area contributed by atoms with Crippen LogP contribution < -0.4 is 9.47 Å². The highest BCUT2D eigenvalue weighted by Crippen LogP contribution is 2.28. The van der Waals surface area contributed by atoms with Crippen molar-refractivity contribution in [1.82, 2.24) is 4.98 Å².